The first-order valence-corrected chi connectivity index (χ1v) is 7.07. The third-order valence-corrected chi connectivity index (χ3v) is 3.50. The number of aromatic nitrogens is 3. The predicted molar refractivity (Wildman–Crippen MR) is 82.8 cm³/mol. The molecule has 1 aromatic heterocycles. The Hall–Kier alpha value is -1.84. The van der Waals surface area contributed by atoms with Gasteiger partial charge in [0.15, 0.2) is 5.82 Å². The summed E-state index contributed by atoms with van der Waals surface area (Å²) in [4.78, 5) is 0. The van der Waals surface area contributed by atoms with Crippen molar-refractivity contribution in [2.75, 3.05) is 5.73 Å². The first-order chi connectivity index (χ1) is 9.29. The van der Waals surface area contributed by atoms with E-state index in [-0.39, 0.29) is 5.41 Å². The zero-order valence-corrected chi connectivity index (χ0v) is 13.0. The maximum Gasteiger partial charge on any atom is 0.169 e. The van der Waals surface area contributed by atoms with E-state index < -0.39 is 0 Å². The van der Waals surface area contributed by atoms with Crippen molar-refractivity contribution in [2.45, 2.75) is 52.5 Å². The number of anilines is 1. The summed E-state index contributed by atoms with van der Waals surface area (Å²) < 4.78 is 1.89. The lowest BCUT2D eigenvalue weighted by Gasteiger charge is -2.19. The number of hydrogen-bond acceptors (Lipinski definition) is 3. The van der Waals surface area contributed by atoms with Crippen LogP contribution >= 0.6 is 0 Å². The van der Waals surface area contributed by atoms with Crippen molar-refractivity contribution in [1.82, 2.24) is 15.0 Å². The van der Waals surface area contributed by atoms with Gasteiger partial charge in [0.25, 0.3) is 0 Å². The molecule has 2 rings (SSSR count). The number of benzene rings is 1. The Kier molecular flexibility index (Phi) is 3.84. The van der Waals surface area contributed by atoms with Crippen LogP contribution in [-0.2, 0) is 12.0 Å². The molecule has 2 N–H and O–H groups in total. The molecule has 0 bridgehead atoms. The van der Waals surface area contributed by atoms with E-state index in [0.29, 0.717) is 18.3 Å². The van der Waals surface area contributed by atoms with E-state index >= 15 is 0 Å². The molecule has 0 atom stereocenters. The van der Waals surface area contributed by atoms with Crippen LogP contribution < -0.4 is 5.73 Å². The fourth-order valence-corrected chi connectivity index (χ4v) is 2.33. The van der Waals surface area contributed by atoms with Crippen LogP contribution in [0.2, 0.25) is 0 Å². The van der Waals surface area contributed by atoms with Crippen LogP contribution in [0.5, 0.6) is 0 Å². The first kappa shape index (κ1) is 14.6. The zero-order valence-electron chi connectivity index (χ0n) is 13.0. The highest BCUT2D eigenvalue weighted by Crippen LogP contribution is 2.23. The van der Waals surface area contributed by atoms with Crippen LogP contribution in [0.15, 0.2) is 24.3 Å². The summed E-state index contributed by atoms with van der Waals surface area (Å²) in [6.07, 6.45) is 0. The van der Waals surface area contributed by atoms with E-state index in [2.05, 4.69) is 69.2 Å². The minimum Gasteiger partial charge on any atom is -0.381 e. The van der Waals surface area contributed by atoms with Gasteiger partial charge in [-0.1, -0.05) is 64.1 Å². The third kappa shape index (κ3) is 3.00. The molecule has 20 heavy (non-hydrogen) atoms. The maximum atomic E-state index is 5.88. The molecule has 1 aromatic carbocycles. The van der Waals surface area contributed by atoms with Gasteiger partial charge in [-0.3, -0.25) is 0 Å². The molecule has 108 valence electrons. The molecule has 0 saturated heterocycles. The van der Waals surface area contributed by atoms with Crippen LogP contribution in [0.25, 0.3) is 0 Å². The van der Waals surface area contributed by atoms with E-state index in [1.54, 1.807) is 0 Å². The lowest BCUT2D eigenvalue weighted by Crippen LogP contribution is -2.12. The summed E-state index contributed by atoms with van der Waals surface area (Å²) in [5.74, 6) is 0.852. The average molecular weight is 272 g/mol. The van der Waals surface area contributed by atoms with E-state index in [9.17, 15) is 0 Å². The first-order valence-electron chi connectivity index (χ1n) is 7.07. The molecule has 1 heterocycles. The Morgan fingerprint density at radius 1 is 1.15 bits per heavy atom. The third-order valence-electron chi connectivity index (χ3n) is 3.50. The second-order valence-corrected chi connectivity index (χ2v) is 6.62. The highest BCUT2D eigenvalue weighted by atomic mass is 15.4. The minimum absolute atomic E-state index is 0.180. The highest BCUT2D eigenvalue weighted by molar-refractivity contribution is 5.36. The van der Waals surface area contributed by atoms with Crippen molar-refractivity contribution in [3.05, 3.63) is 41.1 Å². The van der Waals surface area contributed by atoms with E-state index in [4.69, 9.17) is 5.73 Å². The molecule has 0 unspecified atom stereocenters. The Morgan fingerprint density at radius 2 is 1.75 bits per heavy atom. The number of nitrogen functional groups attached to an aromatic ring is 1. The summed E-state index contributed by atoms with van der Waals surface area (Å²) in [7, 11) is 0. The summed E-state index contributed by atoms with van der Waals surface area (Å²) >= 11 is 0. The number of nitrogens with two attached hydrogens (primary N) is 1. The zero-order chi connectivity index (χ0) is 14.9. The Balaban J connectivity index is 2.23. The van der Waals surface area contributed by atoms with Crippen LogP contribution in [-0.4, -0.2) is 15.0 Å². The molecule has 0 aliphatic rings. The summed E-state index contributed by atoms with van der Waals surface area (Å²) in [5, 5.41) is 8.13. The Labute approximate surface area is 121 Å². The molecule has 0 fully saturated rings. The SMILES string of the molecule is CC(C)c1c(N)nnn1Cc1ccc(C(C)(C)C)cc1. The van der Waals surface area contributed by atoms with Gasteiger partial charge in [0, 0.05) is 0 Å². The Morgan fingerprint density at radius 3 is 2.25 bits per heavy atom. The monoisotopic (exact) mass is 272 g/mol. The molecule has 0 aliphatic heterocycles. The van der Waals surface area contributed by atoms with Crippen LogP contribution in [0.4, 0.5) is 5.82 Å². The van der Waals surface area contributed by atoms with Crippen molar-refractivity contribution in [1.29, 1.82) is 0 Å². The lowest BCUT2D eigenvalue weighted by atomic mass is 9.87. The van der Waals surface area contributed by atoms with Gasteiger partial charge in [-0.25, -0.2) is 4.68 Å². The normalized spacial score (nSPS) is 12.1. The summed E-state index contributed by atoms with van der Waals surface area (Å²) in [6, 6.07) is 8.68. The second kappa shape index (κ2) is 5.27. The quantitative estimate of drug-likeness (QED) is 0.932. The van der Waals surface area contributed by atoms with Crippen LogP contribution in [0.3, 0.4) is 0 Å². The van der Waals surface area contributed by atoms with Crippen LogP contribution in [0.1, 0.15) is 57.4 Å². The van der Waals surface area contributed by atoms with Gasteiger partial charge in [-0.2, -0.15) is 0 Å². The average Bonchev–Trinajstić information content (AvgIpc) is 2.70. The molecular weight excluding hydrogens is 248 g/mol. The molecule has 0 spiro atoms. The molecule has 4 nitrogen and oxygen atoms in total. The number of nitrogens with zero attached hydrogens (tertiary/aromatic N) is 3. The van der Waals surface area contributed by atoms with Crippen molar-refractivity contribution >= 4 is 5.82 Å². The standard InChI is InChI=1S/C16H24N4/c1-11(2)14-15(17)18-19-20(14)10-12-6-8-13(9-7-12)16(3,4)5/h6-9,11H,10,17H2,1-5H3. The largest absolute Gasteiger partial charge is 0.381 e. The van der Waals surface area contributed by atoms with E-state index in [0.717, 1.165) is 5.69 Å². The smallest absolute Gasteiger partial charge is 0.169 e. The van der Waals surface area contributed by atoms with Gasteiger partial charge >= 0.3 is 0 Å². The molecule has 0 amide bonds. The second-order valence-electron chi connectivity index (χ2n) is 6.62. The minimum atomic E-state index is 0.180. The van der Waals surface area contributed by atoms with Crippen molar-refractivity contribution in [2.24, 2.45) is 0 Å². The molecular formula is C16H24N4. The maximum absolute atomic E-state index is 5.88. The fourth-order valence-electron chi connectivity index (χ4n) is 2.33. The molecule has 4 heteroatoms. The van der Waals surface area contributed by atoms with Crippen molar-refractivity contribution in [3.63, 3.8) is 0 Å². The molecule has 0 aliphatic carbocycles. The van der Waals surface area contributed by atoms with Gasteiger partial charge in [0.2, 0.25) is 0 Å². The lowest BCUT2D eigenvalue weighted by molar-refractivity contribution is 0.585. The van der Waals surface area contributed by atoms with Crippen molar-refractivity contribution in [3.8, 4) is 0 Å². The van der Waals surface area contributed by atoms with E-state index in [1.165, 1.54) is 11.1 Å². The fraction of sp³-hybridized carbons (Fsp3) is 0.500. The predicted octanol–water partition coefficient (Wildman–Crippen LogP) is 3.33. The Bertz CT molecular complexity index is 574. The molecule has 0 saturated carbocycles. The summed E-state index contributed by atoms with van der Waals surface area (Å²) in [6.45, 7) is 11.6. The highest BCUT2D eigenvalue weighted by Gasteiger charge is 2.15. The summed E-state index contributed by atoms with van der Waals surface area (Å²) in [5.41, 5.74) is 9.62. The number of rotatable bonds is 3. The molecule has 2 aromatic rings. The number of hydrogen-bond donors (Lipinski definition) is 1. The van der Waals surface area contributed by atoms with Gasteiger partial charge in [0.1, 0.15) is 0 Å². The topological polar surface area (TPSA) is 56.7 Å². The van der Waals surface area contributed by atoms with Gasteiger partial charge in [-0.15, -0.1) is 5.10 Å². The van der Waals surface area contributed by atoms with E-state index in [1.807, 2.05) is 4.68 Å². The van der Waals surface area contributed by atoms with Crippen molar-refractivity contribution < 1.29 is 0 Å². The molecule has 0 radical (unpaired) electrons. The van der Waals surface area contributed by atoms with Gasteiger partial charge < -0.3 is 5.73 Å². The van der Waals surface area contributed by atoms with Gasteiger partial charge in [-0.05, 0) is 22.5 Å². The van der Waals surface area contributed by atoms with Gasteiger partial charge in [0.05, 0.1) is 12.2 Å². The van der Waals surface area contributed by atoms with Crippen LogP contribution in [0, 0.1) is 0 Å².